The predicted octanol–water partition coefficient (Wildman–Crippen LogP) is 4.16. The Labute approximate surface area is 137 Å². The Morgan fingerprint density at radius 2 is 1.90 bits per heavy atom. The van der Waals surface area contributed by atoms with Crippen LogP contribution in [0.4, 0.5) is 0 Å². The highest BCUT2D eigenvalue weighted by Crippen LogP contribution is 2.35. The molecular weight excluding hydrogens is 381 g/mol. The van der Waals surface area contributed by atoms with Gasteiger partial charge in [-0.2, -0.15) is 5.10 Å². The summed E-state index contributed by atoms with van der Waals surface area (Å²) in [6.45, 7) is 0. The zero-order chi connectivity index (χ0) is 15.1. The molecule has 0 radical (unpaired) electrons. The van der Waals surface area contributed by atoms with Crippen LogP contribution in [0.1, 0.15) is 10.4 Å². The van der Waals surface area contributed by atoms with Crippen molar-refractivity contribution < 1.29 is 9.90 Å². The molecule has 1 aromatic carbocycles. The predicted molar refractivity (Wildman–Crippen MR) is 83.1 cm³/mol. The first-order valence-corrected chi connectivity index (χ1v) is 7.27. The molecular formula is C13H6BrCl2N3O2. The van der Waals surface area contributed by atoms with Crippen molar-refractivity contribution >= 4 is 50.7 Å². The van der Waals surface area contributed by atoms with E-state index in [-0.39, 0.29) is 26.1 Å². The molecule has 0 unspecified atom stereocenters. The van der Waals surface area contributed by atoms with Crippen molar-refractivity contribution in [2.45, 2.75) is 0 Å². The standard InChI is InChI=1S/C13H6BrCl2N3O2/c14-9-8(13(20)21)12-17-10(15)7(11(16)19(12)18-9)6-4-2-1-3-5-6/h1-5H,(H,20,21). The summed E-state index contributed by atoms with van der Waals surface area (Å²) in [4.78, 5) is 15.4. The molecule has 0 saturated carbocycles. The maximum atomic E-state index is 11.3. The van der Waals surface area contributed by atoms with Crippen molar-refractivity contribution in [2.24, 2.45) is 0 Å². The van der Waals surface area contributed by atoms with Crippen molar-refractivity contribution in [3.05, 3.63) is 50.8 Å². The van der Waals surface area contributed by atoms with Crippen LogP contribution >= 0.6 is 39.1 Å². The SMILES string of the molecule is O=C(O)c1c(Br)nn2c(Cl)c(-c3ccccc3)c(Cl)nc12. The summed E-state index contributed by atoms with van der Waals surface area (Å²) in [6, 6.07) is 9.21. The lowest BCUT2D eigenvalue weighted by atomic mass is 10.1. The summed E-state index contributed by atoms with van der Waals surface area (Å²) < 4.78 is 1.40. The summed E-state index contributed by atoms with van der Waals surface area (Å²) >= 11 is 15.6. The molecule has 0 aliphatic rings. The molecule has 0 atom stereocenters. The van der Waals surface area contributed by atoms with Crippen LogP contribution in [0.5, 0.6) is 0 Å². The normalized spacial score (nSPS) is 11.0. The van der Waals surface area contributed by atoms with Crippen molar-refractivity contribution in [3.63, 3.8) is 0 Å². The van der Waals surface area contributed by atoms with Gasteiger partial charge in [-0.25, -0.2) is 14.3 Å². The van der Waals surface area contributed by atoms with Crippen LogP contribution in [-0.4, -0.2) is 25.7 Å². The number of aromatic carboxylic acids is 1. The Kier molecular flexibility index (Phi) is 3.61. The lowest BCUT2D eigenvalue weighted by molar-refractivity contribution is 0.0698. The largest absolute Gasteiger partial charge is 0.477 e. The number of hydrogen-bond acceptors (Lipinski definition) is 3. The van der Waals surface area contributed by atoms with E-state index in [0.29, 0.717) is 5.56 Å². The van der Waals surface area contributed by atoms with Gasteiger partial charge in [-0.1, -0.05) is 53.5 Å². The molecule has 5 nitrogen and oxygen atoms in total. The molecule has 0 amide bonds. The van der Waals surface area contributed by atoms with E-state index in [9.17, 15) is 9.90 Å². The maximum Gasteiger partial charge on any atom is 0.342 e. The zero-order valence-electron chi connectivity index (χ0n) is 10.2. The molecule has 0 aliphatic carbocycles. The molecule has 0 fully saturated rings. The van der Waals surface area contributed by atoms with Crippen molar-refractivity contribution in [3.8, 4) is 11.1 Å². The van der Waals surface area contributed by atoms with Crippen LogP contribution in [0.2, 0.25) is 10.3 Å². The van der Waals surface area contributed by atoms with E-state index >= 15 is 0 Å². The van der Waals surface area contributed by atoms with Crippen LogP contribution in [-0.2, 0) is 0 Å². The van der Waals surface area contributed by atoms with Crippen molar-refractivity contribution in [1.29, 1.82) is 0 Å². The van der Waals surface area contributed by atoms with Gasteiger partial charge in [0, 0.05) is 0 Å². The molecule has 2 aromatic heterocycles. The number of benzene rings is 1. The second-order valence-corrected chi connectivity index (χ2v) is 5.61. The molecule has 0 bridgehead atoms. The average molecular weight is 387 g/mol. The highest BCUT2D eigenvalue weighted by atomic mass is 79.9. The lowest BCUT2D eigenvalue weighted by Crippen LogP contribution is -2.01. The highest BCUT2D eigenvalue weighted by Gasteiger charge is 2.23. The summed E-state index contributed by atoms with van der Waals surface area (Å²) in [6.07, 6.45) is 0. The molecule has 0 aliphatic heterocycles. The van der Waals surface area contributed by atoms with E-state index in [1.807, 2.05) is 30.3 Å². The number of carboxylic acid groups (broad SMARTS) is 1. The van der Waals surface area contributed by atoms with E-state index in [4.69, 9.17) is 23.2 Å². The Morgan fingerprint density at radius 3 is 2.52 bits per heavy atom. The molecule has 3 aromatic rings. The number of nitrogens with zero attached hydrogens (tertiary/aromatic N) is 3. The fourth-order valence-electron chi connectivity index (χ4n) is 1.99. The minimum atomic E-state index is -1.16. The average Bonchev–Trinajstić information content (AvgIpc) is 2.76. The number of carboxylic acids is 1. The molecule has 0 spiro atoms. The summed E-state index contributed by atoms with van der Waals surface area (Å²) in [7, 11) is 0. The number of fused-ring (bicyclic) bond motifs is 1. The first-order chi connectivity index (χ1) is 10.0. The van der Waals surface area contributed by atoms with Gasteiger partial charge in [0.2, 0.25) is 0 Å². The molecule has 0 saturated heterocycles. The van der Waals surface area contributed by atoms with Gasteiger partial charge in [0.05, 0.1) is 5.56 Å². The second-order valence-electron chi connectivity index (χ2n) is 4.14. The fourth-order valence-corrected chi connectivity index (χ4v) is 3.14. The van der Waals surface area contributed by atoms with E-state index in [1.165, 1.54) is 4.52 Å². The number of aromatic nitrogens is 3. The van der Waals surface area contributed by atoms with Crippen LogP contribution in [0.25, 0.3) is 16.8 Å². The van der Waals surface area contributed by atoms with E-state index in [0.717, 1.165) is 5.56 Å². The van der Waals surface area contributed by atoms with Crippen molar-refractivity contribution in [1.82, 2.24) is 14.6 Å². The number of hydrogen-bond donors (Lipinski definition) is 1. The van der Waals surface area contributed by atoms with Gasteiger partial charge in [0.25, 0.3) is 0 Å². The Bertz CT molecular complexity index is 865. The van der Waals surface area contributed by atoms with Gasteiger partial charge in [-0.15, -0.1) is 0 Å². The number of rotatable bonds is 2. The van der Waals surface area contributed by atoms with Crippen LogP contribution < -0.4 is 0 Å². The molecule has 2 heterocycles. The van der Waals surface area contributed by atoms with Crippen molar-refractivity contribution in [2.75, 3.05) is 0 Å². The zero-order valence-corrected chi connectivity index (χ0v) is 13.3. The lowest BCUT2D eigenvalue weighted by Gasteiger charge is -2.08. The highest BCUT2D eigenvalue weighted by molar-refractivity contribution is 9.10. The third kappa shape index (κ3) is 2.29. The topological polar surface area (TPSA) is 67.5 Å². The summed E-state index contributed by atoms with van der Waals surface area (Å²) in [5, 5.41) is 13.6. The maximum absolute atomic E-state index is 11.3. The monoisotopic (exact) mass is 385 g/mol. The Balaban J connectivity index is 2.38. The summed E-state index contributed by atoms with van der Waals surface area (Å²) in [5.74, 6) is -1.16. The Morgan fingerprint density at radius 1 is 1.24 bits per heavy atom. The van der Waals surface area contributed by atoms with Gasteiger partial charge >= 0.3 is 5.97 Å². The van der Waals surface area contributed by atoms with E-state index in [1.54, 1.807) is 0 Å². The van der Waals surface area contributed by atoms with Crippen LogP contribution in [0.3, 0.4) is 0 Å². The molecule has 21 heavy (non-hydrogen) atoms. The van der Waals surface area contributed by atoms with Gasteiger partial charge in [0.1, 0.15) is 20.5 Å². The van der Waals surface area contributed by atoms with Gasteiger partial charge < -0.3 is 5.11 Å². The summed E-state index contributed by atoms with van der Waals surface area (Å²) in [5.41, 5.74) is 1.27. The first kappa shape index (κ1) is 14.3. The van der Waals surface area contributed by atoms with Gasteiger partial charge in [-0.3, -0.25) is 0 Å². The molecule has 1 N–H and O–H groups in total. The Hall–Kier alpha value is -1.63. The minimum Gasteiger partial charge on any atom is -0.477 e. The quantitative estimate of drug-likeness (QED) is 0.671. The third-order valence-corrected chi connectivity index (χ3v) is 4.07. The van der Waals surface area contributed by atoms with Gasteiger partial charge in [-0.05, 0) is 21.5 Å². The third-order valence-electron chi connectivity index (χ3n) is 2.90. The van der Waals surface area contributed by atoms with Crippen LogP contribution in [0.15, 0.2) is 34.9 Å². The van der Waals surface area contributed by atoms with E-state index in [2.05, 4.69) is 26.0 Å². The minimum absolute atomic E-state index is 0.0848. The molecule has 3 rings (SSSR count). The van der Waals surface area contributed by atoms with Gasteiger partial charge in [0.15, 0.2) is 5.65 Å². The first-order valence-electron chi connectivity index (χ1n) is 5.72. The van der Waals surface area contributed by atoms with Crippen LogP contribution in [0, 0.1) is 0 Å². The number of halogens is 3. The van der Waals surface area contributed by atoms with E-state index < -0.39 is 5.97 Å². The molecule has 106 valence electrons. The smallest absolute Gasteiger partial charge is 0.342 e. The fraction of sp³-hybridized carbons (Fsp3) is 0. The number of carbonyl (C=O) groups is 1. The molecule has 8 heteroatoms. The second kappa shape index (κ2) is 5.29.